The molecule has 1 rings (SSSR count). The first-order valence-electron chi connectivity index (χ1n) is 5.10. The van der Waals surface area contributed by atoms with Gasteiger partial charge in [-0.15, -0.1) is 0 Å². The third kappa shape index (κ3) is 5.22. The molecule has 1 aromatic heterocycles. The number of ether oxygens (including phenoxy) is 2. The van der Waals surface area contributed by atoms with Crippen LogP contribution < -0.4 is 10.5 Å². The van der Waals surface area contributed by atoms with Gasteiger partial charge in [0.15, 0.2) is 0 Å². The summed E-state index contributed by atoms with van der Waals surface area (Å²) in [4.78, 5) is 3.87. The minimum absolute atomic E-state index is 0.468. The fourth-order valence-corrected chi connectivity index (χ4v) is 1.06. The molecule has 2 N–H and O–H groups in total. The highest BCUT2D eigenvalue weighted by atomic mass is 16.5. The zero-order valence-electron chi connectivity index (χ0n) is 9.27. The number of anilines is 1. The van der Waals surface area contributed by atoms with Crippen molar-refractivity contribution in [2.75, 3.05) is 25.6 Å². The number of hydrogen-bond donors (Lipinski definition) is 1. The molecule has 0 aromatic carbocycles. The van der Waals surface area contributed by atoms with Gasteiger partial charge in [0.1, 0.15) is 18.2 Å². The number of pyridine rings is 1. The van der Waals surface area contributed by atoms with Crippen LogP contribution in [-0.4, -0.2) is 24.8 Å². The standard InChI is InChI=1S/C11H18N2O2/c1-9(2)8-14-5-6-15-10-3-4-13-11(12)7-10/h3-4,7,9H,5-6,8H2,1-2H3,(H2,12,13). The average Bonchev–Trinajstić information content (AvgIpc) is 2.17. The first-order chi connectivity index (χ1) is 7.18. The highest BCUT2D eigenvalue weighted by molar-refractivity contribution is 5.35. The van der Waals surface area contributed by atoms with Gasteiger partial charge in [-0.2, -0.15) is 0 Å². The van der Waals surface area contributed by atoms with Crippen molar-refractivity contribution < 1.29 is 9.47 Å². The highest BCUT2D eigenvalue weighted by Gasteiger charge is 1.96. The summed E-state index contributed by atoms with van der Waals surface area (Å²) in [6.45, 7) is 6.13. The summed E-state index contributed by atoms with van der Waals surface area (Å²) in [6.07, 6.45) is 1.62. The molecule has 0 atom stereocenters. The summed E-state index contributed by atoms with van der Waals surface area (Å²) in [7, 11) is 0. The lowest BCUT2D eigenvalue weighted by atomic mass is 10.2. The van der Waals surface area contributed by atoms with Crippen LogP contribution in [0.2, 0.25) is 0 Å². The predicted molar refractivity (Wildman–Crippen MR) is 59.8 cm³/mol. The molecule has 0 aliphatic rings. The molecule has 0 bridgehead atoms. The van der Waals surface area contributed by atoms with Crippen LogP contribution >= 0.6 is 0 Å². The van der Waals surface area contributed by atoms with Crippen LogP contribution in [0.15, 0.2) is 18.3 Å². The lowest BCUT2D eigenvalue weighted by Crippen LogP contribution is -2.10. The Kier molecular flexibility index (Phi) is 4.90. The van der Waals surface area contributed by atoms with Gasteiger partial charge in [-0.1, -0.05) is 13.8 Å². The Morgan fingerprint density at radius 1 is 1.40 bits per heavy atom. The second-order valence-electron chi connectivity index (χ2n) is 3.73. The Hall–Kier alpha value is -1.29. The summed E-state index contributed by atoms with van der Waals surface area (Å²) in [5.74, 6) is 1.76. The maximum Gasteiger partial charge on any atom is 0.126 e. The van der Waals surface area contributed by atoms with Gasteiger partial charge in [0.05, 0.1) is 6.61 Å². The smallest absolute Gasteiger partial charge is 0.126 e. The Labute approximate surface area is 90.4 Å². The molecule has 0 aliphatic carbocycles. The van der Waals surface area contributed by atoms with Crippen LogP contribution in [0.1, 0.15) is 13.8 Å². The molecule has 0 fully saturated rings. The molecular formula is C11H18N2O2. The highest BCUT2D eigenvalue weighted by Crippen LogP contribution is 2.11. The van der Waals surface area contributed by atoms with Gasteiger partial charge in [-0.25, -0.2) is 4.98 Å². The lowest BCUT2D eigenvalue weighted by molar-refractivity contribution is 0.0819. The first kappa shape index (κ1) is 11.8. The Bertz CT molecular complexity index is 290. The van der Waals surface area contributed by atoms with E-state index in [1.807, 2.05) is 0 Å². The van der Waals surface area contributed by atoms with Gasteiger partial charge in [-0.3, -0.25) is 0 Å². The molecule has 4 nitrogen and oxygen atoms in total. The normalized spacial score (nSPS) is 10.6. The quantitative estimate of drug-likeness (QED) is 0.726. The molecule has 15 heavy (non-hydrogen) atoms. The van der Waals surface area contributed by atoms with Crippen LogP contribution in [0.4, 0.5) is 5.82 Å². The van der Waals surface area contributed by atoms with Gasteiger partial charge in [0, 0.05) is 18.9 Å². The van der Waals surface area contributed by atoms with Crippen molar-refractivity contribution in [3.8, 4) is 5.75 Å². The second kappa shape index (κ2) is 6.24. The van der Waals surface area contributed by atoms with Crippen molar-refractivity contribution in [2.24, 2.45) is 5.92 Å². The fourth-order valence-electron chi connectivity index (χ4n) is 1.06. The number of aromatic nitrogens is 1. The van der Waals surface area contributed by atoms with Crippen LogP contribution in [0, 0.1) is 5.92 Å². The van der Waals surface area contributed by atoms with E-state index in [1.165, 1.54) is 0 Å². The zero-order valence-corrected chi connectivity index (χ0v) is 9.27. The second-order valence-corrected chi connectivity index (χ2v) is 3.73. The zero-order chi connectivity index (χ0) is 11.1. The van der Waals surface area contributed by atoms with Gasteiger partial charge in [0.2, 0.25) is 0 Å². The summed E-state index contributed by atoms with van der Waals surface area (Å²) < 4.78 is 10.8. The van der Waals surface area contributed by atoms with Gasteiger partial charge < -0.3 is 15.2 Å². The van der Waals surface area contributed by atoms with Crippen molar-refractivity contribution in [2.45, 2.75) is 13.8 Å². The monoisotopic (exact) mass is 210 g/mol. The third-order valence-corrected chi connectivity index (χ3v) is 1.70. The van der Waals surface area contributed by atoms with E-state index in [-0.39, 0.29) is 0 Å². The molecule has 4 heteroatoms. The van der Waals surface area contributed by atoms with E-state index < -0.39 is 0 Å². The van der Waals surface area contributed by atoms with Crippen LogP contribution in [-0.2, 0) is 4.74 Å². The topological polar surface area (TPSA) is 57.4 Å². The molecule has 84 valence electrons. The minimum atomic E-state index is 0.468. The van der Waals surface area contributed by atoms with Crippen LogP contribution in [0.25, 0.3) is 0 Å². The van der Waals surface area contributed by atoms with Crippen molar-refractivity contribution in [1.82, 2.24) is 4.98 Å². The predicted octanol–water partition coefficient (Wildman–Crippen LogP) is 1.72. The van der Waals surface area contributed by atoms with Crippen molar-refractivity contribution in [3.05, 3.63) is 18.3 Å². The fraction of sp³-hybridized carbons (Fsp3) is 0.545. The molecule has 1 heterocycles. The van der Waals surface area contributed by atoms with Gasteiger partial charge in [0.25, 0.3) is 0 Å². The van der Waals surface area contributed by atoms with Crippen molar-refractivity contribution in [3.63, 3.8) is 0 Å². The van der Waals surface area contributed by atoms with Crippen LogP contribution in [0.3, 0.4) is 0 Å². The largest absolute Gasteiger partial charge is 0.491 e. The third-order valence-electron chi connectivity index (χ3n) is 1.70. The van der Waals surface area contributed by atoms with E-state index in [0.29, 0.717) is 24.9 Å². The molecule has 0 saturated heterocycles. The summed E-state index contributed by atoms with van der Waals surface area (Å²) in [5.41, 5.74) is 5.51. The number of hydrogen-bond acceptors (Lipinski definition) is 4. The number of nitrogen functional groups attached to an aromatic ring is 1. The van der Waals surface area contributed by atoms with E-state index >= 15 is 0 Å². The van der Waals surface area contributed by atoms with Gasteiger partial charge >= 0.3 is 0 Å². The van der Waals surface area contributed by atoms with Crippen molar-refractivity contribution in [1.29, 1.82) is 0 Å². The molecule has 0 amide bonds. The maximum absolute atomic E-state index is 5.51. The SMILES string of the molecule is CC(C)COCCOc1ccnc(N)c1. The Morgan fingerprint density at radius 2 is 2.20 bits per heavy atom. The van der Waals surface area contributed by atoms with E-state index in [2.05, 4.69) is 18.8 Å². The van der Waals surface area contributed by atoms with Crippen LogP contribution in [0.5, 0.6) is 5.75 Å². The van der Waals surface area contributed by atoms with E-state index in [1.54, 1.807) is 18.3 Å². The summed E-state index contributed by atoms with van der Waals surface area (Å²) >= 11 is 0. The maximum atomic E-state index is 5.51. The van der Waals surface area contributed by atoms with E-state index in [4.69, 9.17) is 15.2 Å². The molecule has 0 unspecified atom stereocenters. The lowest BCUT2D eigenvalue weighted by Gasteiger charge is -2.08. The molecular weight excluding hydrogens is 192 g/mol. The van der Waals surface area contributed by atoms with Crippen molar-refractivity contribution >= 4 is 5.82 Å². The molecule has 0 saturated carbocycles. The average molecular weight is 210 g/mol. The molecule has 0 spiro atoms. The molecule has 0 aliphatic heterocycles. The number of nitrogens with zero attached hydrogens (tertiary/aromatic N) is 1. The Balaban J connectivity index is 2.15. The summed E-state index contributed by atoms with van der Waals surface area (Å²) in [5, 5.41) is 0. The Morgan fingerprint density at radius 3 is 2.87 bits per heavy atom. The van der Waals surface area contributed by atoms with Gasteiger partial charge in [-0.05, 0) is 12.0 Å². The minimum Gasteiger partial charge on any atom is -0.491 e. The molecule has 0 radical (unpaired) electrons. The molecule has 1 aromatic rings. The van der Waals surface area contributed by atoms with E-state index in [9.17, 15) is 0 Å². The number of rotatable bonds is 6. The summed E-state index contributed by atoms with van der Waals surface area (Å²) in [6, 6.07) is 3.47. The first-order valence-corrected chi connectivity index (χ1v) is 5.10. The van der Waals surface area contributed by atoms with E-state index in [0.717, 1.165) is 12.4 Å². The number of nitrogens with two attached hydrogens (primary N) is 1.